The molecule has 1 rings (SSSR count). The highest BCUT2D eigenvalue weighted by atomic mass is 32.3. The van der Waals surface area contributed by atoms with Crippen molar-refractivity contribution in [1.82, 2.24) is 0 Å². The molecule has 1 saturated heterocycles. The van der Waals surface area contributed by atoms with Gasteiger partial charge in [0, 0.05) is 6.66 Å². The summed E-state index contributed by atoms with van der Waals surface area (Å²) in [6.07, 6.45) is 0. The molecule has 0 N–H and O–H groups in total. The van der Waals surface area contributed by atoms with Gasteiger partial charge in [0.25, 0.3) is 0 Å². The maximum Gasteiger partial charge on any atom is 0.414 e. The van der Waals surface area contributed by atoms with Gasteiger partial charge in [0.05, 0.1) is 0 Å². The van der Waals surface area contributed by atoms with Gasteiger partial charge in [0.15, 0.2) is 0 Å². The zero-order chi connectivity index (χ0) is 6.41. The van der Waals surface area contributed by atoms with E-state index in [1.807, 2.05) is 0 Å². The lowest BCUT2D eigenvalue weighted by molar-refractivity contribution is 0.290. The van der Waals surface area contributed by atoms with E-state index in [0.717, 1.165) is 6.66 Å². The summed E-state index contributed by atoms with van der Waals surface area (Å²) >= 11 is 0. The number of hydrogen-bond donors (Lipinski definition) is 0. The third-order valence-electron chi connectivity index (χ3n) is 0.453. The van der Waals surface area contributed by atoms with E-state index in [2.05, 4.69) is 7.94 Å². The van der Waals surface area contributed by atoms with E-state index in [1.54, 1.807) is 0 Å². The van der Waals surface area contributed by atoms with Crippen LogP contribution in [0.15, 0.2) is 0 Å². The first-order chi connectivity index (χ1) is 3.41. The molecule has 48 valence electrons. The summed E-state index contributed by atoms with van der Waals surface area (Å²) in [7, 11) is -7.03. The topological polar surface area (TPSA) is 69.7 Å². The van der Waals surface area contributed by atoms with Crippen LogP contribution < -0.4 is 0 Å². The van der Waals surface area contributed by atoms with E-state index in [1.165, 1.54) is 0 Å². The molecule has 1 aliphatic heterocycles. The molecule has 0 radical (unpaired) electrons. The molecule has 0 aromatic carbocycles. The van der Waals surface area contributed by atoms with E-state index in [0.29, 0.717) is 0 Å². The van der Waals surface area contributed by atoms with Gasteiger partial charge < -0.3 is 0 Å². The molecule has 7 heteroatoms. The summed E-state index contributed by atoms with van der Waals surface area (Å²) in [4.78, 5) is 0. The van der Waals surface area contributed by atoms with Crippen LogP contribution in [0.2, 0.25) is 0 Å². The quantitative estimate of drug-likeness (QED) is 0.467. The van der Waals surface area contributed by atoms with Crippen LogP contribution in [0, 0.1) is 0 Å². The third kappa shape index (κ3) is 1.08. The van der Waals surface area contributed by atoms with E-state index in [-0.39, 0.29) is 0 Å². The summed E-state index contributed by atoms with van der Waals surface area (Å²) in [6, 6.07) is 0. The first-order valence-corrected chi connectivity index (χ1v) is 4.98. The molecule has 1 aliphatic rings. The van der Waals surface area contributed by atoms with Crippen LogP contribution in [0.5, 0.6) is 0 Å². The highest BCUT2D eigenvalue weighted by molar-refractivity contribution is 7.97. The van der Waals surface area contributed by atoms with Crippen LogP contribution in [-0.2, 0) is 22.9 Å². The highest BCUT2D eigenvalue weighted by Crippen LogP contribution is 2.57. The van der Waals surface area contributed by atoms with Gasteiger partial charge in [-0.2, -0.15) is 16.4 Å². The van der Waals surface area contributed by atoms with Crippen molar-refractivity contribution in [2.24, 2.45) is 0 Å². The van der Waals surface area contributed by atoms with Crippen molar-refractivity contribution in [3.63, 3.8) is 0 Å². The molecule has 0 saturated carbocycles. The van der Waals surface area contributed by atoms with E-state index < -0.39 is 18.0 Å². The first kappa shape index (κ1) is 6.22. The zero-order valence-electron chi connectivity index (χ0n) is 3.90. The minimum atomic E-state index is -3.85. The lowest BCUT2D eigenvalue weighted by atomic mass is 12.0. The van der Waals surface area contributed by atoms with Gasteiger partial charge in [-0.05, 0) is 0 Å². The largest absolute Gasteiger partial charge is 0.414 e. The standard InChI is InChI=1S/CH3O5PS/c1-7(2)5-8(3,4)6-7/h1H3. The summed E-state index contributed by atoms with van der Waals surface area (Å²) < 4.78 is 37.7. The van der Waals surface area contributed by atoms with Gasteiger partial charge in [-0.15, -0.1) is 0 Å². The Bertz CT molecular complexity index is 221. The Hall–Kier alpha value is 0.1000. The molecule has 1 fully saturated rings. The second kappa shape index (κ2) is 1.33. The van der Waals surface area contributed by atoms with Crippen LogP contribution in [-0.4, -0.2) is 15.1 Å². The molecule has 0 aromatic rings. The lowest BCUT2D eigenvalue weighted by Gasteiger charge is -2.19. The average molecular weight is 158 g/mol. The fourth-order valence-electron chi connectivity index (χ4n) is 0.337. The maximum atomic E-state index is 10.3. The zero-order valence-corrected chi connectivity index (χ0v) is 5.61. The van der Waals surface area contributed by atoms with Crippen LogP contribution >= 0.6 is 7.60 Å². The molecular weight excluding hydrogens is 155 g/mol. The third-order valence-corrected chi connectivity index (χ3v) is 4.08. The van der Waals surface area contributed by atoms with Crippen molar-refractivity contribution in [2.75, 3.05) is 6.66 Å². The minimum absolute atomic E-state index is 1.08. The molecule has 0 atom stereocenters. The molecule has 0 bridgehead atoms. The number of hydrogen-bond acceptors (Lipinski definition) is 5. The van der Waals surface area contributed by atoms with Crippen molar-refractivity contribution < 1.29 is 20.9 Å². The van der Waals surface area contributed by atoms with Gasteiger partial charge in [0.2, 0.25) is 0 Å². The molecule has 5 nitrogen and oxygen atoms in total. The predicted octanol–water partition coefficient (Wildman–Crippen LogP) is 0.101. The van der Waals surface area contributed by atoms with Crippen LogP contribution in [0.4, 0.5) is 0 Å². The predicted molar refractivity (Wildman–Crippen MR) is 24.6 cm³/mol. The van der Waals surface area contributed by atoms with E-state index in [4.69, 9.17) is 0 Å². The smallest absolute Gasteiger partial charge is 0.258 e. The Labute approximate surface area is 46.5 Å². The van der Waals surface area contributed by atoms with E-state index >= 15 is 0 Å². The highest BCUT2D eigenvalue weighted by Gasteiger charge is 2.43. The van der Waals surface area contributed by atoms with E-state index in [9.17, 15) is 13.0 Å². The van der Waals surface area contributed by atoms with Crippen molar-refractivity contribution in [3.8, 4) is 0 Å². The van der Waals surface area contributed by atoms with Gasteiger partial charge in [0.1, 0.15) is 0 Å². The SMILES string of the molecule is CP1(=O)OS(=O)(=O)O1. The van der Waals surface area contributed by atoms with Gasteiger partial charge >= 0.3 is 18.0 Å². The second-order valence-corrected chi connectivity index (χ2v) is 4.88. The van der Waals surface area contributed by atoms with Crippen LogP contribution in [0.25, 0.3) is 0 Å². The van der Waals surface area contributed by atoms with Crippen molar-refractivity contribution in [1.29, 1.82) is 0 Å². The summed E-state index contributed by atoms with van der Waals surface area (Å²) in [5.41, 5.74) is 0. The van der Waals surface area contributed by atoms with Gasteiger partial charge in [-0.1, -0.05) is 0 Å². The summed E-state index contributed by atoms with van der Waals surface area (Å²) in [5.74, 6) is 0. The molecule has 0 unspecified atom stereocenters. The van der Waals surface area contributed by atoms with Crippen molar-refractivity contribution >= 4 is 18.0 Å². The number of rotatable bonds is 0. The fourth-order valence-corrected chi connectivity index (χ4v) is 3.04. The maximum absolute atomic E-state index is 10.3. The second-order valence-electron chi connectivity index (χ2n) is 1.33. The monoisotopic (exact) mass is 158 g/mol. The first-order valence-electron chi connectivity index (χ1n) is 1.66. The molecule has 0 aromatic heterocycles. The Morgan fingerprint density at radius 2 is 1.75 bits per heavy atom. The molecule has 8 heavy (non-hydrogen) atoms. The molecule has 0 amide bonds. The molecular formula is CH3O5PS. The molecule has 0 aliphatic carbocycles. The molecule has 1 heterocycles. The van der Waals surface area contributed by atoms with Crippen molar-refractivity contribution in [3.05, 3.63) is 0 Å². The Balaban J connectivity index is 2.84. The average Bonchev–Trinajstić information content (AvgIpc) is 1.20. The van der Waals surface area contributed by atoms with Crippen molar-refractivity contribution in [2.45, 2.75) is 0 Å². The normalized spacial score (nSPS) is 31.1. The Kier molecular flexibility index (Phi) is 1.03. The van der Waals surface area contributed by atoms with Crippen LogP contribution in [0.3, 0.4) is 0 Å². The minimum Gasteiger partial charge on any atom is -0.258 e. The lowest BCUT2D eigenvalue weighted by Crippen LogP contribution is -2.17. The van der Waals surface area contributed by atoms with Gasteiger partial charge in [-0.25, -0.2) is 0 Å². The Morgan fingerprint density at radius 3 is 1.75 bits per heavy atom. The fraction of sp³-hybridized carbons (Fsp3) is 1.00. The summed E-state index contributed by atoms with van der Waals surface area (Å²) in [5, 5.41) is 0. The van der Waals surface area contributed by atoms with Gasteiger partial charge in [-0.3, -0.25) is 4.57 Å². The summed E-state index contributed by atoms with van der Waals surface area (Å²) in [6.45, 7) is 1.08. The molecule has 0 spiro atoms. The van der Waals surface area contributed by atoms with Crippen LogP contribution in [0.1, 0.15) is 0 Å². The Morgan fingerprint density at radius 1 is 1.38 bits per heavy atom.